The molecule has 2 fully saturated rings. The van der Waals surface area contributed by atoms with E-state index < -0.39 is 5.91 Å². The number of nitrogens with zero attached hydrogens (tertiary/aromatic N) is 3. The highest BCUT2D eigenvalue weighted by Crippen LogP contribution is 2.24. The molecule has 0 bridgehead atoms. The maximum absolute atomic E-state index is 13.3. The molecule has 2 heterocycles. The van der Waals surface area contributed by atoms with Crippen molar-refractivity contribution in [3.63, 3.8) is 0 Å². The van der Waals surface area contributed by atoms with Gasteiger partial charge in [-0.1, -0.05) is 42.3 Å². The molecule has 0 aliphatic carbocycles. The van der Waals surface area contributed by atoms with Crippen LogP contribution in [-0.2, 0) is 6.54 Å². The molecular weight excluding hydrogens is 550 g/mol. The fourth-order valence-electron chi connectivity index (χ4n) is 5.75. The summed E-state index contributed by atoms with van der Waals surface area (Å²) in [5, 5.41) is 7.32. The predicted octanol–water partition coefficient (Wildman–Crippen LogP) is 5.82. The molecule has 0 spiro atoms. The van der Waals surface area contributed by atoms with Crippen LogP contribution in [0.5, 0.6) is 5.75 Å². The second kappa shape index (κ2) is 14.4. The van der Waals surface area contributed by atoms with Crippen LogP contribution in [0.4, 0.5) is 5.69 Å². The number of carbonyl (C=O) groups is 2. The summed E-state index contributed by atoms with van der Waals surface area (Å²) in [5.74, 6) is -0.0998. The lowest BCUT2D eigenvalue weighted by Crippen LogP contribution is -2.46. The quantitative estimate of drug-likeness (QED) is 0.244. The van der Waals surface area contributed by atoms with Gasteiger partial charge in [0.2, 0.25) is 0 Å². The Morgan fingerprint density at radius 3 is 2.52 bits per heavy atom. The zero-order valence-electron chi connectivity index (χ0n) is 24.0. The van der Waals surface area contributed by atoms with Gasteiger partial charge in [0.25, 0.3) is 11.8 Å². The molecule has 2 N–H and O–H groups in total. The zero-order valence-corrected chi connectivity index (χ0v) is 24.8. The average molecular weight is 588 g/mol. The highest BCUT2D eigenvalue weighted by atomic mass is 35.5. The number of hydrogen-bond donors (Lipinski definition) is 2. The van der Waals surface area contributed by atoms with Gasteiger partial charge in [-0.15, -0.1) is 0 Å². The third-order valence-corrected chi connectivity index (χ3v) is 8.24. The molecule has 0 atom stereocenters. The second-order valence-corrected chi connectivity index (χ2v) is 11.4. The van der Waals surface area contributed by atoms with Gasteiger partial charge < -0.3 is 15.0 Å². The van der Waals surface area contributed by atoms with E-state index in [2.05, 4.69) is 31.7 Å². The Kier molecular flexibility index (Phi) is 10.2. The van der Waals surface area contributed by atoms with Crippen LogP contribution in [0.2, 0.25) is 5.02 Å². The fourth-order valence-corrected chi connectivity index (χ4v) is 5.92. The molecule has 0 aromatic heterocycles. The first kappa shape index (κ1) is 29.8. The summed E-state index contributed by atoms with van der Waals surface area (Å²) >= 11 is 6.19. The minimum absolute atomic E-state index is 0.214. The van der Waals surface area contributed by atoms with Gasteiger partial charge in [0.05, 0.1) is 24.6 Å². The van der Waals surface area contributed by atoms with Crippen LogP contribution in [0.1, 0.15) is 63.9 Å². The molecule has 220 valence electrons. The Bertz CT molecular complexity index is 1410. The van der Waals surface area contributed by atoms with Gasteiger partial charge in [0, 0.05) is 23.2 Å². The van der Waals surface area contributed by atoms with Gasteiger partial charge >= 0.3 is 0 Å². The van der Waals surface area contributed by atoms with Gasteiger partial charge in [0.15, 0.2) is 0 Å². The average Bonchev–Trinajstić information content (AvgIpc) is 3.03. The van der Waals surface area contributed by atoms with Gasteiger partial charge in [-0.05, 0) is 105 Å². The Hall–Kier alpha value is -3.72. The number of hydrazone groups is 1. The van der Waals surface area contributed by atoms with E-state index in [1.54, 1.807) is 31.4 Å². The second-order valence-electron chi connectivity index (χ2n) is 10.9. The maximum Gasteiger partial charge on any atom is 0.273 e. The minimum Gasteiger partial charge on any atom is -0.497 e. The van der Waals surface area contributed by atoms with Crippen molar-refractivity contribution in [1.82, 2.24) is 15.2 Å². The van der Waals surface area contributed by atoms with Gasteiger partial charge in [-0.3, -0.25) is 14.5 Å². The third-order valence-electron chi connectivity index (χ3n) is 8.01. The van der Waals surface area contributed by atoms with Crippen LogP contribution < -0.4 is 15.5 Å². The summed E-state index contributed by atoms with van der Waals surface area (Å²) in [6, 6.07) is 20.5. The van der Waals surface area contributed by atoms with E-state index >= 15 is 0 Å². The fraction of sp³-hybridized carbons (Fsp3) is 0.364. The molecule has 5 rings (SSSR count). The maximum atomic E-state index is 13.3. The lowest BCUT2D eigenvalue weighted by atomic mass is 9.99. The molecule has 8 nitrogen and oxygen atoms in total. The van der Waals surface area contributed by atoms with Crippen molar-refractivity contribution in [2.45, 2.75) is 44.7 Å². The number of amides is 2. The number of likely N-dealkylation sites (tertiary alicyclic amines) is 2. The van der Waals surface area contributed by atoms with E-state index in [0.717, 1.165) is 30.8 Å². The van der Waals surface area contributed by atoms with Crippen molar-refractivity contribution >= 4 is 35.3 Å². The SMILES string of the molecule is COc1cccc(C=NNC(=O)c2cc(Cl)ccc2NC(=O)c2cccc(CN3CCC(N4CCCCC4)CC3)c2)c1. The van der Waals surface area contributed by atoms with Crippen molar-refractivity contribution < 1.29 is 14.3 Å². The first-order valence-corrected chi connectivity index (χ1v) is 15.0. The summed E-state index contributed by atoms with van der Waals surface area (Å²) in [5.41, 5.74) is 5.48. The van der Waals surface area contributed by atoms with Crippen molar-refractivity contribution in [2.75, 3.05) is 38.6 Å². The predicted molar refractivity (Wildman–Crippen MR) is 168 cm³/mol. The van der Waals surface area contributed by atoms with Crippen molar-refractivity contribution in [3.05, 3.63) is 94.0 Å². The van der Waals surface area contributed by atoms with Gasteiger partial charge in [-0.2, -0.15) is 5.10 Å². The number of nitrogens with one attached hydrogen (secondary N) is 2. The van der Waals surface area contributed by atoms with Crippen molar-refractivity contribution in [1.29, 1.82) is 0 Å². The lowest BCUT2D eigenvalue weighted by Gasteiger charge is -2.40. The molecule has 2 aliphatic heterocycles. The Balaban J connectivity index is 1.19. The standard InChI is InChI=1S/C33H38ClN5O3/c1-42-29-10-6-7-24(20-29)22-35-37-33(41)30-21-27(34)11-12-31(30)36-32(40)26-9-5-8-25(19-26)23-38-17-13-28(14-18-38)39-15-3-2-4-16-39/h5-12,19-22,28H,2-4,13-18,23H2,1H3,(H,36,40)(H,37,41). The van der Waals surface area contributed by atoms with E-state index in [-0.39, 0.29) is 11.5 Å². The van der Waals surface area contributed by atoms with Crippen LogP contribution in [0.15, 0.2) is 71.8 Å². The van der Waals surface area contributed by atoms with Crippen LogP contribution in [-0.4, -0.2) is 67.2 Å². The van der Waals surface area contributed by atoms with E-state index in [4.69, 9.17) is 16.3 Å². The summed E-state index contributed by atoms with van der Waals surface area (Å²) in [4.78, 5) is 31.4. The van der Waals surface area contributed by atoms with E-state index in [1.165, 1.54) is 57.5 Å². The highest BCUT2D eigenvalue weighted by molar-refractivity contribution is 6.31. The number of anilines is 1. The molecule has 2 amide bonds. The van der Waals surface area contributed by atoms with E-state index in [9.17, 15) is 9.59 Å². The molecule has 2 saturated heterocycles. The number of hydrogen-bond acceptors (Lipinski definition) is 6. The molecule has 9 heteroatoms. The molecule has 0 unspecified atom stereocenters. The highest BCUT2D eigenvalue weighted by Gasteiger charge is 2.25. The number of piperidine rings is 2. The number of ether oxygens (including phenoxy) is 1. The third kappa shape index (κ3) is 7.97. The summed E-state index contributed by atoms with van der Waals surface area (Å²) in [6.07, 6.45) is 7.94. The summed E-state index contributed by atoms with van der Waals surface area (Å²) in [6.45, 7) is 5.45. The monoisotopic (exact) mass is 587 g/mol. The Morgan fingerprint density at radius 2 is 1.74 bits per heavy atom. The molecule has 0 radical (unpaired) electrons. The summed E-state index contributed by atoms with van der Waals surface area (Å²) in [7, 11) is 1.59. The number of carbonyl (C=O) groups excluding carboxylic acids is 2. The first-order valence-electron chi connectivity index (χ1n) is 14.6. The van der Waals surface area contributed by atoms with Crippen molar-refractivity contribution in [3.8, 4) is 5.75 Å². The smallest absolute Gasteiger partial charge is 0.273 e. The zero-order chi connectivity index (χ0) is 29.3. The number of halogens is 1. The van der Waals surface area contributed by atoms with E-state index in [0.29, 0.717) is 28.1 Å². The minimum atomic E-state index is -0.492. The molecule has 2 aliphatic rings. The number of rotatable bonds is 9. The number of methoxy groups -OCH3 is 1. The number of benzene rings is 3. The molecule has 3 aromatic carbocycles. The van der Waals surface area contributed by atoms with Gasteiger partial charge in [-0.25, -0.2) is 5.43 Å². The van der Waals surface area contributed by atoms with Crippen molar-refractivity contribution in [2.24, 2.45) is 5.10 Å². The Labute approximate surface area is 252 Å². The first-order chi connectivity index (χ1) is 20.5. The van der Waals surface area contributed by atoms with Crippen LogP contribution in [0.25, 0.3) is 0 Å². The normalized spacial score (nSPS) is 16.8. The van der Waals surface area contributed by atoms with Crippen LogP contribution in [0, 0.1) is 0 Å². The summed E-state index contributed by atoms with van der Waals surface area (Å²) < 4.78 is 5.22. The largest absolute Gasteiger partial charge is 0.497 e. The van der Waals surface area contributed by atoms with Gasteiger partial charge in [0.1, 0.15) is 5.75 Å². The Morgan fingerprint density at radius 1 is 0.952 bits per heavy atom. The van der Waals surface area contributed by atoms with Crippen LogP contribution >= 0.6 is 11.6 Å². The molecule has 0 saturated carbocycles. The van der Waals surface area contributed by atoms with Crippen LogP contribution in [0.3, 0.4) is 0 Å². The molecule has 42 heavy (non-hydrogen) atoms. The molecule has 3 aromatic rings. The van der Waals surface area contributed by atoms with E-state index in [1.807, 2.05) is 30.3 Å². The lowest BCUT2D eigenvalue weighted by molar-refractivity contribution is 0.0896. The topological polar surface area (TPSA) is 86.3 Å². The molecular formula is C33H38ClN5O3.